The molecule has 2 unspecified atom stereocenters. The zero-order valence-corrected chi connectivity index (χ0v) is 11.7. The van der Waals surface area contributed by atoms with Crippen LogP contribution in [0.5, 0.6) is 0 Å². The summed E-state index contributed by atoms with van der Waals surface area (Å²) in [6.07, 6.45) is 7.21. The van der Waals surface area contributed by atoms with Gasteiger partial charge in [0.15, 0.2) is 0 Å². The zero-order valence-electron chi connectivity index (χ0n) is 11.7. The van der Waals surface area contributed by atoms with Gasteiger partial charge in [-0.3, -0.25) is 4.94 Å². The van der Waals surface area contributed by atoms with E-state index in [9.17, 15) is 14.4 Å². The lowest BCUT2D eigenvalue weighted by Gasteiger charge is -2.09. The average molecular weight is 281 g/mol. The van der Waals surface area contributed by atoms with Crippen molar-refractivity contribution in [3.05, 3.63) is 47.7 Å². The Hall–Kier alpha value is -1.88. The molecular weight excluding hydrogens is 261 g/mol. The number of aliphatic hydroxyl groups is 1. The molecule has 1 heterocycles. The van der Waals surface area contributed by atoms with Gasteiger partial charge < -0.3 is 10.4 Å². The van der Waals surface area contributed by atoms with Crippen LogP contribution < -0.4 is 5.32 Å². The summed E-state index contributed by atoms with van der Waals surface area (Å²) in [5, 5.41) is 12.2. The number of nitrogens with one attached hydrogen (secondary N) is 1. The molecule has 2 atom stereocenters. The molecule has 0 aromatic rings. The van der Waals surface area contributed by atoms with E-state index in [1.807, 2.05) is 19.1 Å². The van der Waals surface area contributed by atoms with E-state index in [1.165, 1.54) is 0 Å². The number of hydrogen-bond donors (Lipinski definition) is 2. The number of halogens is 1. The third-order valence-electron chi connectivity index (χ3n) is 3.24. The molecule has 0 bridgehead atoms. The predicted octanol–water partition coefficient (Wildman–Crippen LogP) is 2.20. The van der Waals surface area contributed by atoms with Gasteiger partial charge in [0, 0.05) is 29.3 Å². The summed E-state index contributed by atoms with van der Waals surface area (Å²) in [6.45, 7) is 7.71. The van der Waals surface area contributed by atoms with Crippen LogP contribution in [0.4, 0.5) is 4.53 Å². The third kappa shape index (κ3) is 4.06. The Kier molecular flexibility index (Phi) is 6.18. The Morgan fingerprint density at radius 3 is 2.90 bits per heavy atom. The molecule has 0 amide bonds. The second-order valence-electron chi connectivity index (χ2n) is 4.78. The first kappa shape index (κ1) is 16.2. The van der Waals surface area contributed by atoms with Crippen molar-refractivity contribution in [3.63, 3.8) is 0 Å². The highest BCUT2D eigenvalue weighted by atomic mass is 19.3. The molecule has 5 heteroatoms. The Morgan fingerprint density at radius 2 is 2.35 bits per heavy atom. The van der Waals surface area contributed by atoms with Gasteiger partial charge in [0.1, 0.15) is 0 Å². The monoisotopic (exact) mass is 281 g/mol. The molecule has 2 N–H and O–H groups in total. The van der Waals surface area contributed by atoms with Gasteiger partial charge in [0.25, 0.3) is 0 Å². The highest BCUT2D eigenvalue weighted by Gasteiger charge is 2.23. The molecule has 0 aliphatic carbocycles. The normalized spacial score (nSPS) is 20.1. The van der Waals surface area contributed by atoms with E-state index >= 15 is 0 Å². The van der Waals surface area contributed by atoms with Crippen molar-refractivity contribution in [2.75, 3.05) is 13.2 Å². The molecule has 4 nitrogen and oxygen atoms in total. The largest absolute Gasteiger partial charge is 0.396 e. The van der Waals surface area contributed by atoms with Gasteiger partial charge in [-0.05, 0) is 24.1 Å². The van der Waals surface area contributed by atoms with Crippen molar-refractivity contribution < 1.29 is 19.4 Å². The van der Waals surface area contributed by atoms with Gasteiger partial charge in [0.2, 0.25) is 0 Å². The van der Waals surface area contributed by atoms with E-state index in [1.54, 1.807) is 19.1 Å². The maximum Gasteiger partial charge on any atom is 0.357 e. The second-order valence-corrected chi connectivity index (χ2v) is 4.78. The number of rotatable bonds is 6. The number of aliphatic hydroxyl groups excluding tert-OH is 1. The minimum atomic E-state index is -0.921. The molecule has 20 heavy (non-hydrogen) atoms. The standard InChI is InChI=1S/C15H20FNO3/c1-4-5-13(10(2)9-18)6-12-7-14(17-8-12)11(3)15(19)20-16/h4-7,10-11,17-18H,1,8-9H2,2-3H3/b12-6-,13-5+. The molecule has 1 rings (SSSR count). The van der Waals surface area contributed by atoms with Crippen LogP contribution in [0.3, 0.4) is 0 Å². The molecule has 0 radical (unpaired) electrons. The lowest BCUT2D eigenvalue weighted by molar-refractivity contribution is -0.187. The van der Waals surface area contributed by atoms with Crippen LogP contribution in [0.2, 0.25) is 0 Å². The van der Waals surface area contributed by atoms with E-state index in [4.69, 9.17) is 0 Å². The van der Waals surface area contributed by atoms with E-state index in [0.717, 1.165) is 11.1 Å². The van der Waals surface area contributed by atoms with Gasteiger partial charge in [-0.2, -0.15) is 0 Å². The van der Waals surface area contributed by atoms with Crippen LogP contribution in [-0.2, 0) is 9.74 Å². The van der Waals surface area contributed by atoms with Gasteiger partial charge >= 0.3 is 5.97 Å². The second kappa shape index (κ2) is 7.65. The minimum absolute atomic E-state index is 0.00817. The average Bonchev–Trinajstić information content (AvgIpc) is 2.92. The summed E-state index contributed by atoms with van der Waals surface area (Å²) in [4.78, 5) is 14.4. The summed E-state index contributed by atoms with van der Waals surface area (Å²) in [6, 6.07) is 0. The maximum absolute atomic E-state index is 11.9. The molecule has 0 saturated heterocycles. The van der Waals surface area contributed by atoms with Crippen molar-refractivity contribution in [2.45, 2.75) is 13.8 Å². The number of hydrogen-bond acceptors (Lipinski definition) is 4. The molecule has 1 aliphatic rings. The van der Waals surface area contributed by atoms with Crippen molar-refractivity contribution in [1.29, 1.82) is 0 Å². The third-order valence-corrected chi connectivity index (χ3v) is 3.24. The van der Waals surface area contributed by atoms with Crippen LogP contribution in [0.1, 0.15) is 13.8 Å². The first-order valence-corrected chi connectivity index (χ1v) is 6.45. The highest BCUT2D eigenvalue weighted by Crippen LogP contribution is 2.21. The Morgan fingerprint density at radius 1 is 1.65 bits per heavy atom. The quantitative estimate of drug-likeness (QED) is 0.733. The number of carbonyl (C=O) groups excluding carboxylic acids is 1. The molecule has 110 valence electrons. The van der Waals surface area contributed by atoms with Crippen molar-refractivity contribution in [1.82, 2.24) is 5.32 Å². The minimum Gasteiger partial charge on any atom is -0.396 e. The Balaban J connectivity index is 2.90. The molecule has 0 fully saturated rings. The fourth-order valence-corrected chi connectivity index (χ4v) is 1.88. The zero-order chi connectivity index (χ0) is 15.1. The van der Waals surface area contributed by atoms with E-state index in [2.05, 4.69) is 16.8 Å². The number of allylic oxidation sites excluding steroid dienone is 3. The lowest BCUT2D eigenvalue weighted by Crippen LogP contribution is -2.21. The molecule has 1 aliphatic heterocycles. The predicted molar refractivity (Wildman–Crippen MR) is 75.1 cm³/mol. The van der Waals surface area contributed by atoms with Crippen LogP contribution in [0.25, 0.3) is 0 Å². The van der Waals surface area contributed by atoms with E-state index < -0.39 is 11.9 Å². The van der Waals surface area contributed by atoms with Crippen molar-refractivity contribution >= 4 is 5.97 Å². The van der Waals surface area contributed by atoms with Crippen LogP contribution in [0, 0.1) is 11.8 Å². The van der Waals surface area contributed by atoms with Gasteiger partial charge in [-0.15, -0.1) is 0 Å². The fourth-order valence-electron chi connectivity index (χ4n) is 1.88. The first-order valence-electron chi connectivity index (χ1n) is 6.45. The Labute approximate surface area is 118 Å². The summed E-state index contributed by atoms with van der Waals surface area (Å²) < 4.78 is 11.9. The first-order chi connectivity index (χ1) is 9.53. The smallest absolute Gasteiger partial charge is 0.357 e. The summed E-state index contributed by atoms with van der Waals surface area (Å²) in [5.41, 5.74) is 2.51. The molecular formula is C15H20FNO3. The van der Waals surface area contributed by atoms with Crippen LogP contribution >= 0.6 is 0 Å². The summed E-state index contributed by atoms with van der Waals surface area (Å²) >= 11 is 0. The van der Waals surface area contributed by atoms with E-state index in [-0.39, 0.29) is 12.5 Å². The topological polar surface area (TPSA) is 58.6 Å². The summed E-state index contributed by atoms with van der Waals surface area (Å²) in [5.74, 6) is -1.60. The lowest BCUT2D eigenvalue weighted by atomic mass is 9.98. The van der Waals surface area contributed by atoms with Crippen LogP contribution in [-0.4, -0.2) is 24.2 Å². The Bertz CT molecular complexity index is 466. The van der Waals surface area contributed by atoms with E-state index in [0.29, 0.717) is 12.2 Å². The SMILES string of the molecule is C=C/C=C(\C=C1\C=C(C(C)C(=O)OF)NC1)C(C)CO. The molecule has 0 aromatic heterocycles. The van der Waals surface area contributed by atoms with Gasteiger partial charge in [-0.25, -0.2) is 4.79 Å². The summed E-state index contributed by atoms with van der Waals surface area (Å²) in [7, 11) is 0. The molecule has 0 aromatic carbocycles. The van der Waals surface area contributed by atoms with Gasteiger partial charge in [-0.1, -0.05) is 31.7 Å². The van der Waals surface area contributed by atoms with Crippen molar-refractivity contribution in [3.8, 4) is 0 Å². The number of carbonyl (C=O) groups is 1. The highest BCUT2D eigenvalue weighted by molar-refractivity contribution is 5.75. The molecule has 0 spiro atoms. The van der Waals surface area contributed by atoms with Gasteiger partial charge in [0.05, 0.1) is 5.92 Å². The molecule has 0 saturated carbocycles. The van der Waals surface area contributed by atoms with Crippen molar-refractivity contribution in [2.24, 2.45) is 11.8 Å². The van der Waals surface area contributed by atoms with Crippen LogP contribution in [0.15, 0.2) is 47.7 Å². The maximum atomic E-state index is 11.9. The fraction of sp³-hybridized carbons (Fsp3) is 0.400.